The molecule has 178 valence electrons. The standard InChI is InChI=1S/C26H33FN2O4/c27-22-12-7-13-23(25(22)26(32)28-15-14-19-8-3-1-4-9-19)33-18-24(31)29-21(17-30)16-20-10-5-2-6-11-20/h2,5-7,10-13,19,21,30H,1,3-4,8-9,14-18H2,(H,28,32)(H,29,31)/t21-/m0/s1. The maximum atomic E-state index is 14.4. The van der Waals surface area contributed by atoms with E-state index < -0.39 is 30.3 Å². The van der Waals surface area contributed by atoms with Crippen molar-refractivity contribution in [3.05, 3.63) is 65.5 Å². The molecule has 0 saturated heterocycles. The molecule has 0 aliphatic heterocycles. The van der Waals surface area contributed by atoms with Gasteiger partial charge in [0.05, 0.1) is 12.6 Å². The normalized spacial score (nSPS) is 15.0. The second-order valence-corrected chi connectivity index (χ2v) is 8.59. The summed E-state index contributed by atoms with van der Waals surface area (Å²) in [5, 5.41) is 15.1. The summed E-state index contributed by atoms with van der Waals surface area (Å²) in [6, 6.07) is 13.1. The van der Waals surface area contributed by atoms with E-state index in [1.54, 1.807) is 0 Å². The highest BCUT2D eigenvalue weighted by Gasteiger charge is 2.20. The van der Waals surface area contributed by atoms with Gasteiger partial charge in [0.15, 0.2) is 6.61 Å². The van der Waals surface area contributed by atoms with Crippen LogP contribution < -0.4 is 15.4 Å². The Morgan fingerprint density at radius 3 is 2.55 bits per heavy atom. The maximum Gasteiger partial charge on any atom is 0.258 e. The zero-order valence-corrected chi connectivity index (χ0v) is 18.9. The van der Waals surface area contributed by atoms with E-state index in [1.165, 1.54) is 50.3 Å². The average molecular weight is 457 g/mol. The minimum Gasteiger partial charge on any atom is -0.483 e. The zero-order chi connectivity index (χ0) is 23.5. The van der Waals surface area contributed by atoms with Crippen molar-refractivity contribution in [1.29, 1.82) is 0 Å². The van der Waals surface area contributed by atoms with Crippen molar-refractivity contribution in [2.75, 3.05) is 19.8 Å². The van der Waals surface area contributed by atoms with Gasteiger partial charge in [-0.05, 0) is 36.5 Å². The summed E-state index contributed by atoms with van der Waals surface area (Å²) in [5.74, 6) is -1.08. The molecule has 0 unspecified atom stereocenters. The van der Waals surface area contributed by atoms with Crippen LogP contribution in [0.15, 0.2) is 48.5 Å². The number of halogens is 1. The molecule has 1 fully saturated rings. The van der Waals surface area contributed by atoms with Crippen LogP contribution in [-0.4, -0.2) is 42.7 Å². The fourth-order valence-electron chi connectivity index (χ4n) is 4.27. The second-order valence-electron chi connectivity index (χ2n) is 8.59. The Morgan fingerprint density at radius 1 is 1.06 bits per heavy atom. The van der Waals surface area contributed by atoms with Gasteiger partial charge in [0, 0.05) is 6.54 Å². The van der Waals surface area contributed by atoms with E-state index in [0.29, 0.717) is 18.9 Å². The van der Waals surface area contributed by atoms with Gasteiger partial charge in [-0.2, -0.15) is 0 Å². The predicted molar refractivity (Wildman–Crippen MR) is 125 cm³/mol. The Labute approximate surface area is 194 Å². The van der Waals surface area contributed by atoms with Crippen molar-refractivity contribution in [2.24, 2.45) is 5.92 Å². The monoisotopic (exact) mass is 456 g/mol. The smallest absolute Gasteiger partial charge is 0.258 e. The van der Waals surface area contributed by atoms with Gasteiger partial charge in [-0.3, -0.25) is 9.59 Å². The van der Waals surface area contributed by atoms with Gasteiger partial charge in [-0.25, -0.2) is 4.39 Å². The van der Waals surface area contributed by atoms with E-state index in [2.05, 4.69) is 10.6 Å². The molecule has 33 heavy (non-hydrogen) atoms. The summed E-state index contributed by atoms with van der Waals surface area (Å²) in [4.78, 5) is 25.0. The molecule has 1 saturated carbocycles. The van der Waals surface area contributed by atoms with E-state index in [9.17, 15) is 19.1 Å². The third-order valence-corrected chi connectivity index (χ3v) is 6.03. The van der Waals surface area contributed by atoms with Crippen LogP contribution in [0.5, 0.6) is 5.75 Å². The zero-order valence-electron chi connectivity index (χ0n) is 18.9. The molecule has 0 bridgehead atoms. The maximum absolute atomic E-state index is 14.4. The molecule has 0 heterocycles. The fourth-order valence-corrected chi connectivity index (χ4v) is 4.27. The number of ether oxygens (including phenoxy) is 1. The van der Waals surface area contributed by atoms with Gasteiger partial charge in [0.1, 0.15) is 17.1 Å². The molecular weight excluding hydrogens is 423 g/mol. The van der Waals surface area contributed by atoms with Crippen LogP contribution in [0.25, 0.3) is 0 Å². The van der Waals surface area contributed by atoms with E-state index in [-0.39, 0.29) is 17.9 Å². The van der Waals surface area contributed by atoms with Crippen molar-refractivity contribution in [1.82, 2.24) is 10.6 Å². The molecule has 0 radical (unpaired) electrons. The first kappa shape index (κ1) is 24.7. The van der Waals surface area contributed by atoms with Crippen LogP contribution in [-0.2, 0) is 11.2 Å². The minimum absolute atomic E-state index is 0.0175. The summed E-state index contributed by atoms with van der Waals surface area (Å²) >= 11 is 0. The third kappa shape index (κ3) is 7.86. The average Bonchev–Trinajstić information content (AvgIpc) is 2.83. The Morgan fingerprint density at radius 2 is 1.82 bits per heavy atom. The Hall–Kier alpha value is -2.93. The largest absolute Gasteiger partial charge is 0.483 e. The van der Waals surface area contributed by atoms with Crippen LogP contribution in [0.4, 0.5) is 4.39 Å². The molecular formula is C26H33FN2O4. The lowest BCUT2D eigenvalue weighted by Gasteiger charge is -2.21. The molecule has 2 aromatic rings. The van der Waals surface area contributed by atoms with Crippen LogP contribution in [0, 0.1) is 11.7 Å². The molecule has 1 aliphatic rings. The molecule has 1 atom stereocenters. The second kappa shape index (κ2) is 12.9. The van der Waals surface area contributed by atoms with Crippen LogP contribution in [0.3, 0.4) is 0 Å². The predicted octanol–water partition coefficient (Wildman–Crippen LogP) is 3.62. The van der Waals surface area contributed by atoms with E-state index in [0.717, 1.165) is 12.0 Å². The van der Waals surface area contributed by atoms with Crippen molar-refractivity contribution in [3.63, 3.8) is 0 Å². The fraction of sp³-hybridized carbons (Fsp3) is 0.462. The first-order valence-corrected chi connectivity index (χ1v) is 11.7. The summed E-state index contributed by atoms with van der Waals surface area (Å²) in [6.07, 6.45) is 7.44. The van der Waals surface area contributed by atoms with Crippen LogP contribution >= 0.6 is 0 Å². The number of aliphatic hydroxyl groups is 1. The van der Waals surface area contributed by atoms with Gasteiger partial charge < -0.3 is 20.5 Å². The van der Waals surface area contributed by atoms with Gasteiger partial charge in [-0.15, -0.1) is 0 Å². The summed E-state index contributed by atoms with van der Waals surface area (Å²) in [6.45, 7) is -0.137. The lowest BCUT2D eigenvalue weighted by molar-refractivity contribution is -0.124. The van der Waals surface area contributed by atoms with Crippen molar-refractivity contribution in [2.45, 2.75) is 51.0 Å². The summed E-state index contributed by atoms with van der Waals surface area (Å²) in [5.41, 5.74) is 0.784. The number of aliphatic hydroxyl groups excluding tert-OH is 1. The number of carbonyl (C=O) groups excluding carboxylic acids is 2. The van der Waals surface area contributed by atoms with Crippen molar-refractivity contribution in [3.8, 4) is 5.75 Å². The minimum atomic E-state index is -0.694. The quantitative estimate of drug-likeness (QED) is 0.482. The highest BCUT2D eigenvalue weighted by molar-refractivity contribution is 5.97. The lowest BCUT2D eigenvalue weighted by atomic mass is 9.87. The summed E-state index contributed by atoms with van der Waals surface area (Å²) < 4.78 is 19.9. The topological polar surface area (TPSA) is 87.7 Å². The van der Waals surface area contributed by atoms with Gasteiger partial charge in [0.2, 0.25) is 0 Å². The number of amides is 2. The van der Waals surface area contributed by atoms with E-state index in [1.807, 2.05) is 30.3 Å². The first-order valence-electron chi connectivity index (χ1n) is 11.7. The number of hydrogen-bond acceptors (Lipinski definition) is 4. The molecule has 3 rings (SSSR count). The van der Waals surface area contributed by atoms with Crippen LogP contribution in [0.2, 0.25) is 0 Å². The molecule has 2 amide bonds. The molecule has 3 N–H and O–H groups in total. The molecule has 7 heteroatoms. The van der Waals surface area contributed by atoms with Gasteiger partial charge in [-0.1, -0.05) is 68.5 Å². The third-order valence-electron chi connectivity index (χ3n) is 6.03. The number of nitrogens with one attached hydrogen (secondary N) is 2. The van der Waals surface area contributed by atoms with Crippen LogP contribution in [0.1, 0.15) is 54.4 Å². The summed E-state index contributed by atoms with van der Waals surface area (Å²) in [7, 11) is 0. The molecule has 0 aromatic heterocycles. The SMILES string of the molecule is O=C(COc1cccc(F)c1C(=O)NCCC1CCCCC1)N[C@H](CO)Cc1ccccc1. The molecule has 6 nitrogen and oxygen atoms in total. The Bertz CT molecular complexity index is 900. The highest BCUT2D eigenvalue weighted by atomic mass is 19.1. The van der Waals surface area contributed by atoms with Gasteiger partial charge >= 0.3 is 0 Å². The Kier molecular flexibility index (Phi) is 9.69. The number of benzene rings is 2. The lowest BCUT2D eigenvalue weighted by Crippen LogP contribution is -2.41. The molecule has 1 aliphatic carbocycles. The number of hydrogen-bond donors (Lipinski definition) is 3. The van der Waals surface area contributed by atoms with E-state index >= 15 is 0 Å². The van der Waals surface area contributed by atoms with Crippen molar-refractivity contribution < 1.29 is 23.8 Å². The number of carbonyl (C=O) groups is 2. The van der Waals surface area contributed by atoms with Crippen molar-refractivity contribution >= 4 is 11.8 Å². The highest BCUT2D eigenvalue weighted by Crippen LogP contribution is 2.26. The molecule has 2 aromatic carbocycles. The van der Waals surface area contributed by atoms with Gasteiger partial charge in [0.25, 0.3) is 11.8 Å². The van der Waals surface area contributed by atoms with E-state index in [4.69, 9.17) is 4.74 Å². The number of rotatable bonds is 11. The molecule has 0 spiro atoms. The first-order chi connectivity index (χ1) is 16.1. The Balaban J connectivity index is 1.52.